The van der Waals surface area contributed by atoms with E-state index in [1.807, 2.05) is 6.07 Å². The Morgan fingerprint density at radius 1 is 1.50 bits per heavy atom. The highest BCUT2D eigenvalue weighted by atomic mass is 79.9. The molecule has 0 saturated heterocycles. The molecule has 0 heterocycles. The second-order valence-electron chi connectivity index (χ2n) is 3.20. The third-order valence-electron chi connectivity index (χ3n) is 2.11. The first kappa shape index (κ1) is 12.9. The molecule has 3 nitrogen and oxygen atoms in total. The standard InChI is InChI=1S/C12H13BrO3/c1-2-16-12(15)10-7-3-5-9(11(10)13)6-4-8-14/h3,5,7-8H,2,4,6H2,1H3. The molecular weight excluding hydrogens is 272 g/mol. The predicted molar refractivity (Wildman–Crippen MR) is 64.5 cm³/mol. The van der Waals surface area contributed by atoms with Crippen LogP contribution in [0.15, 0.2) is 22.7 Å². The number of carbonyl (C=O) groups excluding carboxylic acids is 2. The fraction of sp³-hybridized carbons (Fsp3) is 0.333. The summed E-state index contributed by atoms with van der Waals surface area (Å²) in [5.74, 6) is -0.345. The second-order valence-corrected chi connectivity index (χ2v) is 4.00. The lowest BCUT2D eigenvalue weighted by atomic mass is 10.1. The lowest BCUT2D eigenvalue weighted by Crippen LogP contribution is -2.06. The Kier molecular flexibility index (Phi) is 5.19. The molecule has 0 aliphatic heterocycles. The molecule has 1 aromatic rings. The monoisotopic (exact) mass is 284 g/mol. The van der Waals surface area contributed by atoms with Crippen LogP contribution in [0.25, 0.3) is 0 Å². The molecule has 1 rings (SSSR count). The Labute approximate surface area is 103 Å². The maximum Gasteiger partial charge on any atom is 0.339 e. The van der Waals surface area contributed by atoms with Crippen molar-refractivity contribution in [3.05, 3.63) is 33.8 Å². The van der Waals surface area contributed by atoms with Gasteiger partial charge in [0.05, 0.1) is 12.2 Å². The zero-order chi connectivity index (χ0) is 12.0. The molecule has 0 aliphatic rings. The summed E-state index contributed by atoms with van der Waals surface area (Å²) in [5, 5.41) is 0. The van der Waals surface area contributed by atoms with Crippen LogP contribution in [0.2, 0.25) is 0 Å². The van der Waals surface area contributed by atoms with E-state index >= 15 is 0 Å². The Hall–Kier alpha value is -1.16. The van der Waals surface area contributed by atoms with Gasteiger partial charge in [-0.15, -0.1) is 0 Å². The number of halogens is 1. The van der Waals surface area contributed by atoms with Crippen molar-refractivity contribution in [2.75, 3.05) is 6.61 Å². The summed E-state index contributed by atoms with van der Waals surface area (Å²) in [4.78, 5) is 21.9. The van der Waals surface area contributed by atoms with Gasteiger partial charge in [0.1, 0.15) is 6.29 Å². The van der Waals surface area contributed by atoms with Crippen molar-refractivity contribution in [2.45, 2.75) is 19.8 Å². The Morgan fingerprint density at radius 3 is 2.88 bits per heavy atom. The fourth-order valence-electron chi connectivity index (χ4n) is 1.35. The average molecular weight is 285 g/mol. The molecule has 0 unspecified atom stereocenters. The van der Waals surface area contributed by atoms with E-state index in [-0.39, 0.29) is 5.97 Å². The van der Waals surface area contributed by atoms with Crippen LogP contribution in [0.3, 0.4) is 0 Å². The van der Waals surface area contributed by atoms with E-state index in [1.54, 1.807) is 19.1 Å². The van der Waals surface area contributed by atoms with Crippen LogP contribution in [0.4, 0.5) is 0 Å². The lowest BCUT2D eigenvalue weighted by molar-refractivity contribution is -0.107. The smallest absolute Gasteiger partial charge is 0.339 e. The summed E-state index contributed by atoms with van der Waals surface area (Å²) in [7, 11) is 0. The highest BCUT2D eigenvalue weighted by molar-refractivity contribution is 9.10. The van der Waals surface area contributed by atoms with Gasteiger partial charge in [-0.2, -0.15) is 0 Å². The van der Waals surface area contributed by atoms with Gasteiger partial charge >= 0.3 is 5.97 Å². The molecule has 0 aliphatic carbocycles. The molecule has 1 aromatic carbocycles. The van der Waals surface area contributed by atoms with Gasteiger partial charge in [-0.05, 0) is 40.9 Å². The molecule has 0 aromatic heterocycles. The van der Waals surface area contributed by atoms with E-state index in [1.165, 1.54) is 0 Å². The summed E-state index contributed by atoms with van der Waals surface area (Å²) < 4.78 is 5.65. The maximum atomic E-state index is 11.6. The summed E-state index contributed by atoms with van der Waals surface area (Å²) in [6, 6.07) is 5.37. The average Bonchev–Trinajstić information content (AvgIpc) is 2.28. The molecule has 4 heteroatoms. The van der Waals surface area contributed by atoms with Crippen LogP contribution < -0.4 is 0 Å². The van der Waals surface area contributed by atoms with Crippen molar-refractivity contribution < 1.29 is 14.3 Å². The fourth-order valence-corrected chi connectivity index (χ4v) is 1.98. The van der Waals surface area contributed by atoms with E-state index in [9.17, 15) is 9.59 Å². The minimum Gasteiger partial charge on any atom is -0.462 e. The molecule has 0 N–H and O–H groups in total. The summed E-state index contributed by atoms with van der Waals surface area (Å²) in [6.07, 6.45) is 1.94. The van der Waals surface area contributed by atoms with Gasteiger partial charge < -0.3 is 9.53 Å². The zero-order valence-electron chi connectivity index (χ0n) is 9.03. The highest BCUT2D eigenvalue weighted by Crippen LogP contribution is 2.23. The molecule has 16 heavy (non-hydrogen) atoms. The molecule has 0 fully saturated rings. The van der Waals surface area contributed by atoms with E-state index < -0.39 is 0 Å². The van der Waals surface area contributed by atoms with Gasteiger partial charge in [0.25, 0.3) is 0 Å². The molecule has 0 bridgehead atoms. The Balaban J connectivity index is 2.93. The first-order valence-electron chi connectivity index (χ1n) is 5.08. The Morgan fingerprint density at radius 2 is 2.25 bits per heavy atom. The van der Waals surface area contributed by atoms with Gasteiger partial charge in [0.15, 0.2) is 0 Å². The third-order valence-corrected chi connectivity index (χ3v) is 3.04. The maximum absolute atomic E-state index is 11.6. The lowest BCUT2D eigenvalue weighted by Gasteiger charge is -2.08. The van der Waals surface area contributed by atoms with E-state index in [0.29, 0.717) is 25.0 Å². The molecular formula is C12H13BrO3. The van der Waals surface area contributed by atoms with Crippen LogP contribution >= 0.6 is 15.9 Å². The molecule has 0 spiro atoms. The van der Waals surface area contributed by atoms with Gasteiger partial charge in [-0.3, -0.25) is 0 Å². The predicted octanol–water partition coefficient (Wildman–Crippen LogP) is 2.76. The van der Waals surface area contributed by atoms with Crippen molar-refractivity contribution in [2.24, 2.45) is 0 Å². The number of hydrogen-bond donors (Lipinski definition) is 0. The minimum absolute atomic E-state index is 0.345. The number of benzene rings is 1. The molecule has 0 amide bonds. The van der Waals surface area contributed by atoms with E-state index in [0.717, 1.165) is 16.3 Å². The van der Waals surface area contributed by atoms with Crippen LogP contribution in [-0.4, -0.2) is 18.9 Å². The summed E-state index contributed by atoms with van der Waals surface area (Å²) >= 11 is 3.37. The van der Waals surface area contributed by atoms with Gasteiger partial charge in [0.2, 0.25) is 0 Å². The first-order chi connectivity index (χ1) is 7.70. The third kappa shape index (κ3) is 3.17. The number of hydrogen-bond acceptors (Lipinski definition) is 3. The number of ether oxygens (including phenoxy) is 1. The number of esters is 1. The Bertz CT molecular complexity index is 388. The van der Waals surface area contributed by atoms with Gasteiger partial charge in [0, 0.05) is 10.9 Å². The zero-order valence-corrected chi connectivity index (χ0v) is 10.6. The molecule has 86 valence electrons. The second kappa shape index (κ2) is 6.43. The van der Waals surface area contributed by atoms with Crippen molar-refractivity contribution in [1.29, 1.82) is 0 Å². The molecule has 0 atom stereocenters. The SMILES string of the molecule is CCOC(=O)c1cccc(CCC=O)c1Br. The van der Waals surface area contributed by atoms with Gasteiger partial charge in [-0.25, -0.2) is 4.79 Å². The van der Waals surface area contributed by atoms with Crippen LogP contribution in [0.5, 0.6) is 0 Å². The van der Waals surface area contributed by atoms with E-state index in [4.69, 9.17) is 4.74 Å². The molecule has 0 radical (unpaired) electrons. The van der Waals surface area contributed by atoms with Crippen molar-refractivity contribution in [3.8, 4) is 0 Å². The summed E-state index contributed by atoms with van der Waals surface area (Å²) in [5.41, 5.74) is 1.45. The quantitative estimate of drug-likeness (QED) is 0.617. The van der Waals surface area contributed by atoms with E-state index in [2.05, 4.69) is 15.9 Å². The first-order valence-corrected chi connectivity index (χ1v) is 5.88. The highest BCUT2D eigenvalue weighted by Gasteiger charge is 2.13. The largest absolute Gasteiger partial charge is 0.462 e. The number of rotatable bonds is 5. The topological polar surface area (TPSA) is 43.4 Å². The summed E-state index contributed by atoms with van der Waals surface area (Å²) in [6.45, 7) is 2.12. The van der Waals surface area contributed by atoms with Crippen LogP contribution in [-0.2, 0) is 16.0 Å². The van der Waals surface area contributed by atoms with Gasteiger partial charge in [-0.1, -0.05) is 12.1 Å². The van der Waals surface area contributed by atoms with Crippen molar-refractivity contribution in [1.82, 2.24) is 0 Å². The number of aryl methyl sites for hydroxylation is 1. The van der Waals surface area contributed by atoms with Crippen LogP contribution in [0, 0.1) is 0 Å². The minimum atomic E-state index is -0.345. The normalized spacial score (nSPS) is 9.88. The van der Waals surface area contributed by atoms with Crippen molar-refractivity contribution >= 4 is 28.2 Å². The van der Waals surface area contributed by atoms with Crippen molar-refractivity contribution in [3.63, 3.8) is 0 Å². The number of aldehydes is 1. The number of carbonyl (C=O) groups is 2. The van der Waals surface area contributed by atoms with Crippen LogP contribution in [0.1, 0.15) is 29.3 Å². The molecule has 0 saturated carbocycles.